The standard InChI is InChI=1S/C18H29NO2/c20-18(21)14-10-7-5-3-1-2-4-6-8-11-15-19-16-12-9-13-17-19/h9,12-13,16-17H,1-8,10-11,14-15H2. The van der Waals surface area contributed by atoms with E-state index in [1.807, 2.05) is 0 Å². The molecule has 21 heavy (non-hydrogen) atoms. The number of hydrogen-bond acceptors (Lipinski definition) is 2. The highest BCUT2D eigenvalue weighted by Gasteiger charge is 1.98. The van der Waals surface area contributed by atoms with Crippen molar-refractivity contribution in [2.75, 3.05) is 0 Å². The summed E-state index contributed by atoms with van der Waals surface area (Å²) in [5, 5.41) is 10.2. The topological polar surface area (TPSA) is 44.0 Å². The SMILES string of the molecule is O=C([O-])CCCCCCCCCCCC[n+]1ccccc1. The first-order valence-corrected chi connectivity index (χ1v) is 8.43. The predicted molar refractivity (Wildman–Crippen MR) is 82.4 cm³/mol. The fourth-order valence-corrected chi connectivity index (χ4v) is 2.56. The molecule has 0 radical (unpaired) electrons. The van der Waals surface area contributed by atoms with Gasteiger partial charge in [0.1, 0.15) is 6.54 Å². The van der Waals surface area contributed by atoms with Crippen LogP contribution in [0.15, 0.2) is 30.6 Å². The van der Waals surface area contributed by atoms with Gasteiger partial charge in [0.25, 0.3) is 0 Å². The van der Waals surface area contributed by atoms with Crippen molar-refractivity contribution in [2.45, 2.75) is 77.2 Å². The Morgan fingerprint density at radius 2 is 1.19 bits per heavy atom. The molecular weight excluding hydrogens is 262 g/mol. The molecule has 0 saturated carbocycles. The van der Waals surface area contributed by atoms with E-state index in [9.17, 15) is 9.90 Å². The molecule has 0 spiro atoms. The third-order valence-corrected chi connectivity index (χ3v) is 3.82. The van der Waals surface area contributed by atoms with Gasteiger partial charge in [0.2, 0.25) is 0 Å². The third-order valence-electron chi connectivity index (χ3n) is 3.82. The van der Waals surface area contributed by atoms with Crippen molar-refractivity contribution < 1.29 is 14.5 Å². The van der Waals surface area contributed by atoms with Gasteiger partial charge in [-0.3, -0.25) is 0 Å². The third kappa shape index (κ3) is 11.0. The van der Waals surface area contributed by atoms with E-state index in [-0.39, 0.29) is 6.42 Å². The van der Waals surface area contributed by atoms with Crippen LogP contribution in [0.4, 0.5) is 0 Å². The highest BCUT2D eigenvalue weighted by molar-refractivity contribution is 5.63. The summed E-state index contributed by atoms with van der Waals surface area (Å²) in [7, 11) is 0. The monoisotopic (exact) mass is 291 g/mol. The van der Waals surface area contributed by atoms with Gasteiger partial charge >= 0.3 is 0 Å². The number of carboxylic acid groups (broad SMARTS) is 1. The molecule has 0 aliphatic heterocycles. The lowest BCUT2D eigenvalue weighted by Crippen LogP contribution is -2.32. The van der Waals surface area contributed by atoms with Crippen molar-refractivity contribution in [2.24, 2.45) is 0 Å². The summed E-state index contributed by atoms with van der Waals surface area (Å²) >= 11 is 0. The molecular formula is C18H29NO2. The van der Waals surface area contributed by atoms with E-state index < -0.39 is 5.97 Å². The lowest BCUT2D eigenvalue weighted by molar-refractivity contribution is -0.697. The maximum Gasteiger partial charge on any atom is 0.168 e. The Bertz CT molecular complexity index is 365. The Hall–Kier alpha value is -1.38. The maximum atomic E-state index is 10.2. The number of carbonyl (C=O) groups is 1. The van der Waals surface area contributed by atoms with Crippen molar-refractivity contribution in [3.05, 3.63) is 30.6 Å². The normalized spacial score (nSPS) is 10.7. The number of carbonyl (C=O) groups excluding carboxylic acids is 1. The van der Waals surface area contributed by atoms with E-state index in [1.165, 1.54) is 44.9 Å². The Morgan fingerprint density at radius 1 is 0.714 bits per heavy atom. The second kappa shape index (κ2) is 12.4. The zero-order valence-electron chi connectivity index (χ0n) is 13.1. The molecule has 1 heterocycles. The number of aliphatic carboxylic acids is 1. The summed E-state index contributed by atoms with van der Waals surface area (Å²) in [5.41, 5.74) is 0. The van der Waals surface area contributed by atoms with E-state index in [0.717, 1.165) is 25.8 Å². The molecule has 3 heteroatoms. The van der Waals surface area contributed by atoms with Crippen LogP contribution in [0.2, 0.25) is 0 Å². The van der Waals surface area contributed by atoms with E-state index in [2.05, 4.69) is 35.2 Å². The number of unbranched alkanes of at least 4 members (excludes halogenated alkanes) is 9. The first-order valence-electron chi connectivity index (χ1n) is 8.43. The molecule has 0 amide bonds. The average molecular weight is 291 g/mol. The first-order chi connectivity index (χ1) is 10.3. The first kappa shape index (κ1) is 17.7. The van der Waals surface area contributed by atoms with Crippen LogP contribution in [0.3, 0.4) is 0 Å². The molecule has 1 aromatic rings. The summed E-state index contributed by atoms with van der Waals surface area (Å²) in [6.07, 6.45) is 16.5. The van der Waals surface area contributed by atoms with E-state index in [4.69, 9.17) is 0 Å². The van der Waals surface area contributed by atoms with E-state index >= 15 is 0 Å². The molecule has 0 aromatic carbocycles. The van der Waals surface area contributed by atoms with Crippen LogP contribution < -0.4 is 9.67 Å². The van der Waals surface area contributed by atoms with Gasteiger partial charge in [-0.15, -0.1) is 0 Å². The Morgan fingerprint density at radius 3 is 1.71 bits per heavy atom. The molecule has 0 atom stereocenters. The van der Waals surface area contributed by atoms with Crippen LogP contribution in [-0.2, 0) is 11.3 Å². The zero-order chi connectivity index (χ0) is 15.2. The van der Waals surface area contributed by atoms with Gasteiger partial charge in [0.05, 0.1) is 0 Å². The summed E-state index contributed by atoms with van der Waals surface area (Å²) in [6, 6.07) is 6.20. The largest absolute Gasteiger partial charge is 0.550 e. The zero-order valence-corrected chi connectivity index (χ0v) is 13.1. The lowest BCUT2D eigenvalue weighted by Gasteiger charge is -2.03. The van der Waals surface area contributed by atoms with Crippen LogP contribution in [0, 0.1) is 0 Å². The lowest BCUT2D eigenvalue weighted by atomic mass is 10.1. The van der Waals surface area contributed by atoms with Gasteiger partial charge < -0.3 is 9.90 Å². The van der Waals surface area contributed by atoms with Crippen molar-refractivity contribution >= 4 is 5.97 Å². The van der Waals surface area contributed by atoms with Gasteiger partial charge in [-0.05, 0) is 19.3 Å². The number of rotatable bonds is 13. The van der Waals surface area contributed by atoms with E-state index in [0.29, 0.717) is 0 Å². The van der Waals surface area contributed by atoms with E-state index in [1.54, 1.807) is 0 Å². The highest BCUT2D eigenvalue weighted by Crippen LogP contribution is 2.11. The van der Waals surface area contributed by atoms with Crippen LogP contribution in [0.1, 0.15) is 70.6 Å². The summed E-state index contributed by atoms with van der Waals surface area (Å²) in [4.78, 5) is 10.2. The summed E-state index contributed by atoms with van der Waals surface area (Å²) in [6.45, 7) is 1.12. The number of carboxylic acids is 1. The molecule has 3 nitrogen and oxygen atoms in total. The Kier molecular flexibility index (Phi) is 10.4. The second-order valence-corrected chi connectivity index (χ2v) is 5.77. The minimum absolute atomic E-state index is 0.222. The van der Waals surface area contributed by atoms with Crippen LogP contribution in [-0.4, -0.2) is 5.97 Å². The molecule has 0 aliphatic rings. The van der Waals surface area contributed by atoms with Crippen molar-refractivity contribution in [3.63, 3.8) is 0 Å². The van der Waals surface area contributed by atoms with Crippen molar-refractivity contribution in [1.82, 2.24) is 0 Å². The molecule has 1 aromatic heterocycles. The quantitative estimate of drug-likeness (QED) is 0.414. The molecule has 0 bridgehead atoms. The molecule has 0 N–H and O–H groups in total. The Balaban J connectivity index is 1.78. The maximum absolute atomic E-state index is 10.2. The second-order valence-electron chi connectivity index (χ2n) is 5.77. The van der Waals surface area contributed by atoms with Crippen LogP contribution in [0.25, 0.3) is 0 Å². The van der Waals surface area contributed by atoms with Gasteiger partial charge in [-0.2, -0.15) is 0 Å². The molecule has 1 rings (SSSR count). The number of pyridine rings is 1. The smallest absolute Gasteiger partial charge is 0.168 e. The molecule has 0 fully saturated rings. The van der Waals surface area contributed by atoms with Crippen molar-refractivity contribution in [1.29, 1.82) is 0 Å². The number of aryl methyl sites for hydroxylation is 1. The molecule has 0 saturated heterocycles. The minimum Gasteiger partial charge on any atom is -0.550 e. The summed E-state index contributed by atoms with van der Waals surface area (Å²) < 4.78 is 2.24. The minimum atomic E-state index is -0.913. The number of hydrogen-bond donors (Lipinski definition) is 0. The molecule has 118 valence electrons. The predicted octanol–water partition coefficient (Wildman–Crippen LogP) is 3.02. The Labute approximate surface area is 129 Å². The van der Waals surface area contributed by atoms with Gasteiger partial charge in [-0.1, -0.05) is 51.0 Å². The van der Waals surface area contributed by atoms with Crippen LogP contribution in [0.5, 0.6) is 0 Å². The van der Waals surface area contributed by atoms with Gasteiger partial charge in [0, 0.05) is 24.5 Å². The number of aromatic nitrogens is 1. The average Bonchev–Trinajstić information content (AvgIpc) is 2.49. The van der Waals surface area contributed by atoms with Gasteiger partial charge in [0.15, 0.2) is 12.4 Å². The molecule has 0 unspecified atom stereocenters. The highest BCUT2D eigenvalue weighted by atomic mass is 16.4. The molecule has 0 aliphatic carbocycles. The number of nitrogens with zero attached hydrogens (tertiary/aromatic N) is 1. The fraction of sp³-hybridized carbons (Fsp3) is 0.667. The van der Waals surface area contributed by atoms with Crippen LogP contribution >= 0.6 is 0 Å². The summed E-state index contributed by atoms with van der Waals surface area (Å²) in [5.74, 6) is -0.913. The van der Waals surface area contributed by atoms with Gasteiger partial charge in [-0.25, -0.2) is 4.57 Å². The van der Waals surface area contributed by atoms with Crippen molar-refractivity contribution in [3.8, 4) is 0 Å². The fourth-order valence-electron chi connectivity index (χ4n) is 2.56.